The van der Waals surface area contributed by atoms with E-state index in [1.807, 2.05) is 6.92 Å². The van der Waals surface area contributed by atoms with Gasteiger partial charge in [0.05, 0.1) is 11.4 Å². The first-order valence-corrected chi connectivity index (χ1v) is 8.33. The zero-order valence-electron chi connectivity index (χ0n) is 11.6. The Bertz CT molecular complexity index is 636. The van der Waals surface area contributed by atoms with E-state index in [1.54, 1.807) is 18.2 Å². The molecular formula is C15H20N2O2S. The Morgan fingerprint density at radius 3 is 2.65 bits per heavy atom. The van der Waals surface area contributed by atoms with E-state index in [0.29, 0.717) is 11.4 Å². The Morgan fingerprint density at radius 1 is 1.35 bits per heavy atom. The minimum absolute atomic E-state index is 0.0806. The van der Waals surface area contributed by atoms with E-state index >= 15 is 0 Å². The smallest absolute Gasteiger partial charge is 0.240 e. The van der Waals surface area contributed by atoms with E-state index in [4.69, 9.17) is 5.73 Å². The molecule has 1 aromatic rings. The summed E-state index contributed by atoms with van der Waals surface area (Å²) in [5, 5.41) is 0. The molecule has 0 aliphatic heterocycles. The summed E-state index contributed by atoms with van der Waals surface area (Å²) in [4.78, 5) is 0.306. The Hall–Kier alpha value is -1.35. The van der Waals surface area contributed by atoms with E-state index in [9.17, 15) is 8.42 Å². The fourth-order valence-corrected chi connectivity index (χ4v) is 3.81. The molecule has 1 saturated carbocycles. The first-order chi connectivity index (χ1) is 9.53. The van der Waals surface area contributed by atoms with Gasteiger partial charge in [0.25, 0.3) is 0 Å². The van der Waals surface area contributed by atoms with Crippen molar-refractivity contribution in [3.05, 3.63) is 29.3 Å². The summed E-state index contributed by atoms with van der Waals surface area (Å²) in [6.45, 7) is 2.15. The molecule has 5 heteroatoms. The summed E-state index contributed by atoms with van der Waals surface area (Å²) in [5.41, 5.74) is 7.00. The number of rotatable bonds is 3. The molecule has 1 aliphatic rings. The van der Waals surface area contributed by atoms with E-state index < -0.39 is 10.0 Å². The molecule has 0 saturated heterocycles. The number of benzene rings is 1. The van der Waals surface area contributed by atoms with Crippen molar-refractivity contribution in [3.8, 4) is 11.8 Å². The zero-order valence-corrected chi connectivity index (χ0v) is 12.5. The van der Waals surface area contributed by atoms with Crippen molar-refractivity contribution in [3.63, 3.8) is 0 Å². The Kier molecular flexibility index (Phi) is 4.81. The highest BCUT2D eigenvalue weighted by Crippen LogP contribution is 2.21. The van der Waals surface area contributed by atoms with Crippen molar-refractivity contribution >= 4 is 10.0 Å². The topological polar surface area (TPSA) is 72.2 Å². The fraction of sp³-hybridized carbons (Fsp3) is 0.467. The lowest BCUT2D eigenvalue weighted by atomic mass is 10.1. The predicted octanol–water partition coefficient (Wildman–Crippen LogP) is 1.53. The van der Waals surface area contributed by atoms with Gasteiger partial charge in [-0.2, -0.15) is 0 Å². The lowest BCUT2D eigenvalue weighted by molar-refractivity contribution is 0.552. The van der Waals surface area contributed by atoms with Crippen molar-refractivity contribution in [2.75, 3.05) is 6.54 Å². The maximum Gasteiger partial charge on any atom is 0.240 e. The highest BCUT2D eigenvalue weighted by Gasteiger charge is 2.23. The van der Waals surface area contributed by atoms with Gasteiger partial charge in [0.1, 0.15) is 0 Å². The van der Waals surface area contributed by atoms with Crippen molar-refractivity contribution in [1.82, 2.24) is 4.72 Å². The standard InChI is InChI=1S/C15H20N2O2S/c1-12-11-15(9-8-13(12)5-4-10-16)20(18,19)17-14-6-2-3-7-14/h8-9,11,14,17H,2-3,6-7,10,16H2,1H3. The second-order valence-electron chi connectivity index (χ2n) is 5.09. The molecular weight excluding hydrogens is 272 g/mol. The van der Waals surface area contributed by atoms with Gasteiger partial charge in [-0.25, -0.2) is 13.1 Å². The summed E-state index contributed by atoms with van der Waals surface area (Å²) < 4.78 is 27.4. The molecule has 0 aromatic heterocycles. The molecule has 0 heterocycles. The van der Waals surface area contributed by atoms with Crippen LogP contribution in [0, 0.1) is 18.8 Å². The van der Waals surface area contributed by atoms with Crippen LogP contribution in [0.2, 0.25) is 0 Å². The quantitative estimate of drug-likeness (QED) is 0.830. The van der Waals surface area contributed by atoms with Crippen molar-refractivity contribution in [2.24, 2.45) is 5.73 Å². The number of nitrogens with one attached hydrogen (secondary N) is 1. The van der Waals surface area contributed by atoms with Crippen LogP contribution < -0.4 is 10.5 Å². The number of sulfonamides is 1. The second-order valence-corrected chi connectivity index (χ2v) is 6.80. The van der Waals surface area contributed by atoms with Gasteiger partial charge >= 0.3 is 0 Å². The number of aryl methyl sites for hydroxylation is 1. The van der Waals surface area contributed by atoms with Crippen LogP contribution in [-0.4, -0.2) is 21.0 Å². The largest absolute Gasteiger partial charge is 0.320 e. The van der Waals surface area contributed by atoms with Gasteiger partial charge < -0.3 is 5.73 Å². The SMILES string of the molecule is Cc1cc(S(=O)(=O)NC2CCCC2)ccc1C#CCN. The maximum absolute atomic E-state index is 12.3. The zero-order chi connectivity index (χ0) is 14.6. The highest BCUT2D eigenvalue weighted by molar-refractivity contribution is 7.89. The molecule has 3 N–H and O–H groups in total. The van der Waals surface area contributed by atoms with Crippen molar-refractivity contribution in [1.29, 1.82) is 0 Å². The Morgan fingerprint density at radius 2 is 2.05 bits per heavy atom. The predicted molar refractivity (Wildman–Crippen MR) is 79.7 cm³/mol. The molecule has 0 atom stereocenters. The molecule has 4 nitrogen and oxygen atoms in total. The van der Waals surface area contributed by atoms with Crippen LogP contribution >= 0.6 is 0 Å². The van der Waals surface area contributed by atoms with E-state index in [2.05, 4.69) is 16.6 Å². The number of hydrogen-bond donors (Lipinski definition) is 2. The lowest BCUT2D eigenvalue weighted by Gasteiger charge is -2.13. The summed E-state index contributed by atoms with van der Waals surface area (Å²) in [6, 6.07) is 5.08. The number of nitrogens with two attached hydrogens (primary N) is 1. The van der Waals surface area contributed by atoms with Gasteiger partial charge in [0.2, 0.25) is 10.0 Å². The first kappa shape index (κ1) is 15.0. The second kappa shape index (κ2) is 6.40. The molecule has 2 rings (SSSR count). The fourth-order valence-electron chi connectivity index (χ4n) is 2.42. The van der Waals surface area contributed by atoms with E-state index in [-0.39, 0.29) is 6.04 Å². The third kappa shape index (κ3) is 3.60. The molecule has 1 aromatic carbocycles. The van der Waals surface area contributed by atoms with Gasteiger partial charge in [-0.1, -0.05) is 24.7 Å². The third-order valence-electron chi connectivity index (χ3n) is 3.51. The van der Waals surface area contributed by atoms with E-state index in [0.717, 1.165) is 36.8 Å². The average Bonchev–Trinajstić information content (AvgIpc) is 2.89. The molecule has 1 fully saturated rings. The van der Waals surface area contributed by atoms with Crippen LogP contribution in [0.25, 0.3) is 0 Å². The molecule has 0 unspecified atom stereocenters. The summed E-state index contributed by atoms with van der Waals surface area (Å²) in [7, 11) is -3.43. The molecule has 1 aliphatic carbocycles. The lowest BCUT2D eigenvalue weighted by Crippen LogP contribution is -2.32. The van der Waals surface area contributed by atoms with Gasteiger partial charge in [-0.15, -0.1) is 0 Å². The minimum Gasteiger partial charge on any atom is -0.320 e. The van der Waals surface area contributed by atoms with Gasteiger partial charge in [0.15, 0.2) is 0 Å². The van der Waals surface area contributed by atoms with Crippen LogP contribution in [0.4, 0.5) is 0 Å². The summed E-state index contributed by atoms with van der Waals surface area (Å²) in [6.07, 6.45) is 4.05. The van der Waals surface area contributed by atoms with Crippen LogP contribution in [-0.2, 0) is 10.0 Å². The molecule has 20 heavy (non-hydrogen) atoms. The highest BCUT2D eigenvalue weighted by atomic mass is 32.2. The Balaban J connectivity index is 2.21. The normalized spacial score (nSPS) is 15.9. The van der Waals surface area contributed by atoms with Crippen LogP contribution in [0.15, 0.2) is 23.1 Å². The summed E-state index contributed by atoms with van der Waals surface area (Å²) in [5.74, 6) is 5.71. The monoisotopic (exact) mass is 292 g/mol. The molecule has 0 radical (unpaired) electrons. The average molecular weight is 292 g/mol. The Labute approximate surface area is 120 Å². The van der Waals surface area contributed by atoms with Crippen LogP contribution in [0.1, 0.15) is 36.8 Å². The van der Waals surface area contributed by atoms with Gasteiger partial charge in [-0.05, 0) is 43.5 Å². The molecule has 0 spiro atoms. The number of hydrogen-bond acceptors (Lipinski definition) is 3. The van der Waals surface area contributed by atoms with Crippen LogP contribution in [0.3, 0.4) is 0 Å². The van der Waals surface area contributed by atoms with Gasteiger partial charge in [-0.3, -0.25) is 0 Å². The summed E-state index contributed by atoms with van der Waals surface area (Å²) >= 11 is 0. The van der Waals surface area contributed by atoms with E-state index in [1.165, 1.54) is 0 Å². The molecule has 0 amide bonds. The molecule has 0 bridgehead atoms. The van der Waals surface area contributed by atoms with Crippen LogP contribution in [0.5, 0.6) is 0 Å². The van der Waals surface area contributed by atoms with Crippen molar-refractivity contribution in [2.45, 2.75) is 43.5 Å². The first-order valence-electron chi connectivity index (χ1n) is 6.85. The van der Waals surface area contributed by atoms with Gasteiger partial charge in [0, 0.05) is 11.6 Å². The van der Waals surface area contributed by atoms with Crippen molar-refractivity contribution < 1.29 is 8.42 Å². The minimum atomic E-state index is -3.43. The molecule has 108 valence electrons. The maximum atomic E-state index is 12.3. The third-order valence-corrected chi connectivity index (χ3v) is 5.03.